The summed E-state index contributed by atoms with van der Waals surface area (Å²) in [6.45, 7) is 1.91. The summed E-state index contributed by atoms with van der Waals surface area (Å²) in [5.41, 5.74) is 2.10. The molecule has 2 rings (SSSR count). The highest BCUT2D eigenvalue weighted by atomic mass is 32.2. The summed E-state index contributed by atoms with van der Waals surface area (Å²) < 4.78 is 0. The van der Waals surface area contributed by atoms with Gasteiger partial charge in [0.15, 0.2) is 0 Å². The molecule has 1 N–H and O–H groups in total. The molecule has 1 heterocycles. The molecular formula is C10H11NOS2. The Labute approximate surface area is 92.9 Å². The van der Waals surface area contributed by atoms with Crippen LogP contribution >= 0.6 is 24.4 Å². The van der Waals surface area contributed by atoms with E-state index in [2.05, 4.69) is 24.0 Å². The van der Waals surface area contributed by atoms with Crippen LogP contribution in [0.25, 0.3) is 0 Å². The van der Waals surface area contributed by atoms with Gasteiger partial charge >= 0.3 is 0 Å². The lowest BCUT2D eigenvalue weighted by atomic mass is 10.2. The van der Waals surface area contributed by atoms with E-state index in [1.807, 2.05) is 19.1 Å². The van der Waals surface area contributed by atoms with Crippen molar-refractivity contribution in [2.75, 3.05) is 5.32 Å². The first kappa shape index (κ1) is 9.93. The number of benzene rings is 1. The third-order valence-electron chi connectivity index (χ3n) is 2.16. The molecule has 14 heavy (non-hydrogen) atoms. The zero-order chi connectivity index (χ0) is 10.1. The summed E-state index contributed by atoms with van der Waals surface area (Å²) in [7, 11) is 0. The molecule has 1 unspecified atom stereocenters. The number of carbonyl (C=O) groups is 1. The maximum Gasteiger partial charge on any atom is 0.237 e. The molecule has 0 spiro atoms. The summed E-state index contributed by atoms with van der Waals surface area (Å²) in [5.74, 6) is 0.817. The van der Waals surface area contributed by atoms with E-state index < -0.39 is 0 Å². The molecule has 0 aromatic heterocycles. The van der Waals surface area contributed by atoms with Crippen molar-refractivity contribution in [1.82, 2.24) is 0 Å². The lowest BCUT2D eigenvalue weighted by Gasteiger charge is -2.21. The second-order valence-electron chi connectivity index (χ2n) is 3.24. The first-order valence-electron chi connectivity index (χ1n) is 4.42. The maximum atomic E-state index is 11.4. The van der Waals surface area contributed by atoms with Crippen LogP contribution < -0.4 is 5.32 Å². The fourth-order valence-electron chi connectivity index (χ4n) is 1.34. The van der Waals surface area contributed by atoms with Crippen molar-refractivity contribution < 1.29 is 4.79 Å². The van der Waals surface area contributed by atoms with Gasteiger partial charge in [0.2, 0.25) is 5.91 Å². The molecule has 4 heteroatoms. The van der Waals surface area contributed by atoms with Gasteiger partial charge in [0.25, 0.3) is 0 Å². The van der Waals surface area contributed by atoms with Crippen LogP contribution in [0, 0.1) is 0 Å². The molecule has 1 aromatic carbocycles. The Hall–Kier alpha value is -0.610. The lowest BCUT2D eigenvalue weighted by molar-refractivity contribution is -0.115. The predicted molar refractivity (Wildman–Crippen MR) is 63.1 cm³/mol. The van der Waals surface area contributed by atoms with Crippen LogP contribution in [0.4, 0.5) is 5.69 Å². The third kappa shape index (κ3) is 1.77. The van der Waals surface area contributed by atoms with Crippen molar-refractivity contribution in [3.05, 3.63) is 23.8 Å². The number of fused-ring (bicyclic) bond motifs is 1. The van der Waals surface area contributed by atoms with Gasteiger partial charge in [-0.2, -0.15) is 12.6 Å². The van der Waals surface area contributed by atoms with Crippen LogP contribution in [-0.2, 0) is 10.5 Å². The van der Waals surface area contributed by atoms with Crippen LogP contribution in [0.3, 0.4) is 0 Å². The lowest BCUT2D eigenvalue weighted by Crippen LogP contribution is -2.26. The van der Waals surface area contributed by atoms with Crippen LogP contribution in [0.15, 0.2) is 23.1 Å². The Bertz CT molecular complexity index is 378. The highest BCUT2D eigenvalue weighted by Gasteiger charge is 2.22. The van der Waals surface area contributed by atoms with Crippen molar-refractivity contribution >= 4 is 36.0 Å². The average molecular weight is 225 g/mol. The highest BCUT2D eigenvalue weighted by molar-refractivity contribution is 8.01. The van der Waals surface area contributed by atoms with Gasteiger partial charge in [-0.15, -0.1) is 11.8 Å². The van der Waals surface area contributed by atoms with Crippen LogP contribution in [0.2, 0.25) is 0 Å². The van der Waals surface area contributed by atoms with Crippen LogP contribution in [0.5, 0.6) is 0 Å². The number of hydrogen-bond acceptors (Lipinski definition) is 3. The summed E-state index contributed by atoms with van der Waals surface area (Å²) in [4.78, 5) is 12.5. The third-order valence-corrected chi connectivity index (χ3v) is 3.68. The maximum absolute atomic E-state index is 11.4. The number of nitrogens with one attached hydrogen (secondary N) is 1. The number of amides is 1. The van der Waals surface area contributed by atoms with E-state index in [0.717, 1.165) is 16.3 Å². The van der Waals surface area contributed by atoms with E-state index in [0.29, 0.717) is 0 Å². The molecule has 74 valence electrons. The minimum Gasteiger partial charge on any atom is -0.324 e. The van der Waals surface area contributed by atoms with Gasteiger partial charge < -0.3 is 5.32 Å². The fraction of sp³-hybridized carbons (Fsp3) is 0.300. The SMILES string of the molecule is CC1Sc2cc(CS)ccc2NC1=O. The Balaban J connectivity index is 2.37. The van der Waals surface area contributed by atoms with Gasteiger partial charge in [0.05, 0.1) is 10.9 Å². The molecule has 1 atom stereocenters. The topological polar surface area (TPSA) is 29.1 Å². The molecule has 0 radical (unpaired) electrons. The van der Waals surface area contributed by atoms with Crippen LogP contribution in [0.1, 0.15) is 12.5 Å². The van der Waals surface area contributed by atoms with E-state index in [1.165, 1.54) is 5.56 Å². The Morgan fingerprint density at radius 1 is 1.57 bits per heavy atom. The second kappa shape index (κ2) is 3.87. The summed E-state index contributed by atoms with van der Waals surface area (Å²) in [5, 5.41) is 2.87. The molecule has 0 saturated heterocycles. The molecule has 0 saturated carbocycles. The standard InChI is InChI=1S/C10H11NOS2/c1-6-10(12)11-8-3-2-7(5-13)4-9(8)14-6/h2-4,6,13H,5H2,1H3,(H,11,12). The molecular weight excluding hydrogens is 214 g/mol. The van der Waals surface area contributed by atoms with Gasteiger partial charge in [-0.1, -0.05) is 6.07 Å². The van der Waals surface area contributed by atoms with Crippen LogP contribution in [-0.4, -0.2) is 11.2 Å². The van der Waals surface area contributed by atoms with E-state index in [-0.39, 0.29) is 11.2 Å². The Morgan fingerprint density at radius 2 is 2.36 bits per heavy atom. The first-order chi connectivity index (χ1) is 6.70. The minimum atomic E-state index is -0.00216. The van der Waals surface area contributed by atoms with E-state index in [9.17, 15) is 4.79 Å². The molecule has 0 fully saturated rings. The molecule has 1 aliphatic heterocycles. The zero-order valence-corrected chi connectivity index (χ0v) is 9.49. The highest BCUT2D eigenvalue weighted by Crippen LogP contribution is 2.36. The number of rotatable bonds is 1. The normalized spacial score (nSPS) is 20.1. The number of thiol groups is 1. The van der Waals surface area contributed by atoms with Crippen molar-refractivity contribution in [2.24, 2.45) is 0 Å². The van der Waals surface area contributed by atoms with Crippen molar-refractivity contribution in [3.63, 3.8) is 0 Å². The molecule has 0 bridgehead atoms. The van der Waals surface area contributed by atoms with E-state index in [1.54, 1.807) is 11.8 Å². The number of hydrogen-bond donors (Lipinski definition) is 2. The van der Waals surface area contributed by atoms with Gasteiger partial charge in [-0.3, -0.25) is 4.79 Å². The summed E-state index contributed by atoms with van der Waals surface area (Å²) in [6.07, 6.45) is 0. The van der Waals surface area contributed by atoms with Crippen molar-refractivity contribution in [3.8, 4) is 0 Å². The minimum absolute atomic E-state index is 0.00216. The Morgan fingerprint density at radius 3 is 3.07 bits per heavy atom. The molecule has 1 aromatic rings. The average Bonchev–Trinajstić information content (AvgIpc) is 2.19. The quantitative estimate of drug-likeness (QED) is 0.719. The van der Waals surface area contributed by atoms with Gasteiger partial charge in [-0.25, -0.2) is 0 Å². The van der Waals surface area contributed by atoms with Gasteiger partial charge in [0.1, 0.15) is 0 Å². The Kier molecular flexibility index (Phi) is 2.74. The predicted octanol–water partition coefficient (Wildman–Crippen LogP) is 2.55. The number of carbonyl (C=O) groups excluding carboxylic acids is 1. The summed E-state index contributed by atoms with van der Waals surface area (Å²) in [6, 6.07) is 6.02. The second-order valence-corrected chi connectivity index (χ2v) is 4.94. The van der Waals surface area contributed by atoms with Crippen molar-refractivity contribution in [2.45, 2.75) is 22.8 Å². The van der Waals surface area contributed by atoms with Gasteiger partial charge in [-0.05, 0) is 24.6 Å². The van der Waals surface area contributed by atoms with E-state index >= 15 is 0 Å². The fourth-order valence-corrected chi connectivity index (χ4v) is 2.55. The largest absolute Gasteiger partial charge is 0.324 e. The molecule has 1 amide bonds. The number of thioether (sulfide) groups is 1. The first-order valence-corrected chi connectivity index (χ1v) is 5.93. The molecule has 1 aliphatic rings. The molecule has 0 aliphatic carbocycles. The number of anilines is 1. The molecule has 2 nitrogen and oxygen atoms in total. The van der Waals surface area contributed by atoms with E-state index in [4.69, 9.17) is 0 Å². The van der Waals surface area contributed by atoms with Crippen molar-refractivity contribution in [1.29, 1.82) is 0 Å². The summed E-state index contributed by atoms with van der Waals surface area (Å²) >= 11 is 5.82. The van der Waals surface area contributed by atoms with Gasteiger partial charge in [0, 0.05) is 10.6 Å². The smallest absolute Gasteiger partial charge is 0.237 e. The zero-order valence-electron chi connectivity index (χ0n) is 7.78. The monoisotopic (exact) mass is 225 g/mol.